The predicted octanol–water partition coefficient (Wildman–Crippen LogP) is 3.83. The summed E-state index contributed by atoms with van der Waals surface area (Å²) in [7, 11) is 1.37. The Kier molecular flexibility index (Phi) is 2.84. The summed E-state index contributed by atoms with van der Waals surface area (Å²) in [6, 6.07) is 11.2. The molecule has 0 fully saturated rings. The molecule has 3 aromatic rings. The molecule has 0 radical (unpaired) electrons. The van der Waals surface area contributed by atoms with Gasteiger partial charge in [0.15, 0.2) is 0 Å². The molecule has 0 aliphatic heterocycles. The van der Waals surface area contributed by atoms with Crippen LogP contribution in [0.25, 0.3) is 21.5 Å². The van der Waals surface area contributed by atoms with E-state index in [2.05, 4.69) is 4.98 Å². The van der Waals surface area contributed by atoms with Gasteiger partial charge >= 0.3 is 5.97 Å². The molecule has 0 aliphatic carbocycles. The van der Waals surface area contributed by atoms with Crippen LogP contribution in [-0.4, -0.2) is 18.1 Å². The van der Waals surface area contributed by atoms with Gasteiger partial charge in [0.1, 0.15) is 5.15 Å². The number of methoxy groups -OCH3 is 1. The summed E-state index contributed by atoms with van der Waals surface area (Å²) in [6.07, 6.45) is 1.68. The molecule has 0 unspecified atom stereocenters. The van der Waals surface area contributed by atoms with Gasteiger partial charge in [-0.05, 0) is 34.4 Å². The lowest BCUT2D eigenvalue weighted by molar-refractivity contribution is 0.0601. The number of pyridine rings is 1. The maximum Gasteiger partial charge on any atom is 0.337 e. The van der Waals surface area contributed by atoms with Gasteiger partial charge < -0.3 is 4.74 Å². The Hall–Kier alpha value is -2.13. The monoisotopic (exact) mass is 271 g/mol. The van der Waals surface area contributed by atoms with Crippen LogP contribution in [0.3, 0.4) is 0 Å². The first kappa shape index (κ1) is 11.9. The topological polar surface area (TPSA) is 39.2 Å². The Labute approximate surface area is 114 Å². The van der Waals surface area contributed by atoms with Gasteiger partial charge in [-0.25, -0.2) is 9.78 Å². The maximum atomic E-state index is 11.5. The smallest absolute Gasteiger partial charge is 0.337 e. The average molecular weight is 272 g/mol. The minimum atomic E-state index is -0.348. The molecular formula is C15H10ClNO2. The predicted molar refractivity (Wildman–Crippen MR) is 75.6 cm³/mol. The second-order valence-corrected chi connectivity index (χ2v) is 4.55. The fourth-order valence-corrected chi connectivity index (χ4v) is 2.48. The van der Waals surface area contributed by atoms with Gasteiger partial charge in [0.05, 0.1) is 12.7 Å². The molecule has 3 nitrogen and oxygen atoms in total. The molecule has 0 atom stereocenters. The second-order valence-electron chi connectivity index (χ2n) is 4.19. The van der Waals surface area contributed by atoms with Gasteiger partial charge in [-0.3, -0.25) is 0 Å². The Morgan fingerprint density at radius 3 is 2.74 bits per heavy atom. The lowest BCUT2D eigenvalue weighted by atomic mass is 10.0. The molecule has 0 bridgehead atoms. The third kappa shape index (κ3) is 1.92. The van der Waals surface area contributed by atoms with Crippen LogP contribution in [0.15, 0.2) is 42.6 Å². The van der Waals surface area contributed by atoms with Crippen LogP contribution < -0.4 is 0 Å². The van der Waals surface area contributed by atoms with Gasteiger partial charge in [-0.15, -0.1) is 0 Å². The summed E-state index contributed by atoms with van der Waals surface area (Å²) in [5.74, 6) is -0.348. The summed E-state index contributed by atoms with van der Waals surface area (Å²) in [4.78, 5) is 15.6. The Balaban J connectivity index is 2.35. The van der Waals surface area contributed by atoms with Crippen molar-refractivity contribution < 1.29 is 9.53 Å². The van der Waals surface area contributed by atoms with E-state index in [0.29, 0.717) is 10.7 Å². The molecule has 19 heavy (non-hydrogen) atoms. The van der Waals surface area contributed by atoms with Gasteiger partial charge in [0, 0.05) is 11.6 Å². The van der Waals surface area contributed by atoms with Crippen LogP contribution in [0.5, 0.6) is 0 Å². The molecule has 0 amide bonds. The number of hydrogen-bond donors (Lipinski definition) is 0. The molecule has 3 rings (SSSR count). The zero-order chi connectivity index (χ0) is 13.4. The molecule has 4 heteroatoms. The molecule has 1 aromatic heterocycles. The number of halogens is 1. The molecule has 0 N–H and O–H groups in total. The van der Waals surface area contributed by atoms with Crippen molar-refractivity contribution in [3.63, 3.8) is 0 Å². The quantitative estimate of drug-likeness (QED) is 0.384. The maximum absolute atomic E-state index is 11.5. The fraction of sp³-hybridized carbons (Fsp3) is 0.0667. The van der Waals surface area contributed by atoms with Crippen molar-refractivity contribution in [3.8, 4) is 0 Å². The van der Waals surface area contributed by atoms with Crippen molar-refractivity contribution in [2.24, 2.45) is 0 Å². The Morgan fingerprint density at radius 1 is 1.16 bits per heavy atom. The van der Waals surface area contributed by atoms with E-state index in [0.717, 1.165) is 21.5 Å². The first-order valence-corrected chi connectivity index (χ1v) is 6.14. The van der Waals surface area contributed by atoms with Gasteiger partial charge in [0.2, 0.25) is 0 Å². The van der Waals surface area contributed by atoms with E-state index < -0.39 is 0 Å². The standard InChI is InChI=1S/C15H10ClNO2/c1-19-15(18)11-4-5-12-10(8-11)3-2-9-6-7-17-14(16)13(9)12/h2-8H,1H3. The van der Waals surface area contributed by atoms with Crippen molar-refractivity contribution in [3.05, 3.63) is 53.3 Å². The summed E-state index contributed by atoms with van der Waals surface area (Å²) in [5.41, 5.74) is 0.523. The number of carbonyl (C=O) groups is 1. The average Bonchev–Trinajstić information content (AvgIpc) is 2.45. The van der Waals surface area contributed by atoms with E-state index in [1.54, 1.807) is 18.3 Å². The summed E-state index contributed by atoms with van der Waals surface area (Å²) < 4.78 is 4.72. The molecule has 1 heterocycles. The number of benzene rings is 2. The Bertz CT molecular complexity index is 799. The van der Waals surface area contributed by atoms with Crippen LogP contribution in [0, 0.1) is 0 Å². The molecule has 0 aliphatic rings. The first-order chi connectivity index (χ1) is 9.20. The van der Waals surface area contributed by atoms with Gasteiger partial charge in [0.25, 0.3) is 0 Å². The molecule has 94 valence electrons. The number of nitrogens with zero attached hydrogens (tertiary/aromatic N) is 1. The number of carbonyl (C=O) groups excluding carboxylic acids is 1. The SMILES string of the molecule is COC(=O)c1ccc2c(ccc3ccnc(Cl)c32)c1. The molecular weight excluding hydrogens is 262 g/mol. The summed E-state index contributed by atoms with van der Waals surface area (Å²) >= 11 is 6.16. The van der Waals surface area contributed by atoms with E-state index >= 15 is 0 Å². The van der Waals surface area contributed by atoms with Crippen molar-refractivity contribution in [1.82, 2.24) is 4.98 Å². The number of esters is 1. The van der Waals surface area contributed by atoms with Crippen LogP contribution in [0.1, 0.15) is 10.4 Å². The zero-order valence-electron chi connectivity index (χ0n) is 10.2. The van der Waals surface area contributed by atoms with Crippen LogP contribution in [0.2, 0.25) is 5.15 Å². The van der Waals surface area contributed by atoms with E-state index in [4.69, 9.17) is 16.3 Å². The highest BCUT2D eigenvalue weighted by Gasteiger charge is 2.09. The first-order valence-electron chi connectivity index (χ1n) is 5.76. The third-order valence-electron chi connectivity index (χ3n) is 3.12. The van der Waals surface area contributed by atoms with E-state index in [-0.39, 0.29) is 5.97 Å². The number of aromatic nitrogens is 1. The van der Waals surface area contributed by atoms with E-state index in [1.807, 2.05) is 24.3 Å². The minimum absolute atomic E-state index is 0.348. The van der Waals surface area contributed by atoms with Gasteiger partial charge in [-0.1, -0.05) is 29.8 Å². The number of hydrogen-bond acceptors (Lipinski definition) is 3. The van der Waals surface area contributed by atoms with Crippen molar-refractivity contribution >= 4 is 39.1 Å². The molecule has 0 spiro atoms. The lowest BCUT2D eigenvalue weighted by Gasteiger charge is -2.06. The highest BCUT2D eigenvalue weighted by atomic mass is 35.5. The third-order valence-corrected chi connectivity index (χ3v) is 3.41. The van der Waals surface area contributed by atoms with E-state index in [1.165, 1.54) is 7.11 Å². The fourth-order valence-electron chi connectivity index (χ4n) is 2.21. The van der Waals surface area contributed by atoms with E-state index in [9.17, 15) is 4.79 Å². The van der Waals surface area contributed by atoms with Gasteiger partial charge in [-0.2, -0.15) is 0 Å². The Morgan fingerprint density at radius 2 is 1.95 bits per heavy atom. The normalized spacial score (nSPS) is 10.8. The number of fused-ring (bicyclic) bond motifs is 3. The summed E-state index contributed by atoms with van der Waals surface area (Å²) in [5, 5.41) is 4.30. The minimum Gasteiger partial charge on any atom is -0.465 e. The summed E-state index contributed by atoms with van der Waals surface area (Å²) in [6.45, 7) is 0. The highest BCUT2D eigenvalue weighted by molar-refractivity contribution is 6.36. The largest absolute Gasteiger partial charge is 0.465 e. The van der Waals surface area contributed by atoms with Crippen molar-refractivity contribution in [1.29, 1.82) is 0 Å². The molecule has 2 aromatic carbocycles. The van der Waals surface area contributed by atoms with Crippen LogP contribution >= 0.6 is 11.6 Å². The molecule has 0 saturated heterocycles. The lowest BCUT2D eigenvalue weighted by Crippen LogP contribution is -2.00. The second kappa shape index (κ2) is 4.52. The number of ether oxygens (including phenoxy) is 1. The molecule has 0 saturated carbocycles. The number of rotatable bonds is 1. The van der Waals surface area contributed by atoms with Crippen LogP contribution in [0.4, 0.5) is 0 Å². The van der Waals surface area contributed by atoms with Crippen molar-refractivity contribution in [2.75, 3.05) is 7.11 Å². The van der Waals surface area contributed by atoms with Crippen molar-refractivity contribution in [2.45, 2.75) is 0 Å². The van der Waals surface area contributed by atoms with Crippen LogP contribution in [-0.2, 0) is 4.74 Å². The highest BCUT2D eigenvalue weighted by Crippen LogP contribution is 2.30. The zero-order valence-corrected chi connectivity index (χ0v) is 10.9.